The van der Waals surface area contributed by atoms with Gasteiger partial charge in [0.2, 0.25) is 0 Å². The Morgan fingerprint density at radius 3 is 2.95 bits per heavy atom. The maximum atomic E-state index is 11.5. The van der Waals surface area contributed by atoms with E-state index in [9.17, 15) is 4.79 Å². The van der Waals surface area contributed by atoms with Gasteiger partial charge in [-0.3, -0.25) is 9.69 Å². The van der Waals surface area contributed by atoms with Crippen molar-refractivity contribution in [1.82, 2.24) is 4.90 Å². The highest BCUT2D eigenvalue weighted by Crippen LogP contribution is 2.23. The molecule has 0 aromatic heterocycles. The van der Waals surface area contributed by atoms with Crippen LogP contribution in [0.2, 0.25) is 0 Å². The first-order chi connectivity index (χ1) is 9.63. The van der Waals surface area contributed by atoms with Gasteiger partial charge in [0.05, 0.1) is 19.8 Å². The summed E-state index contributed by atoms with van der Waals surface area (Å²) in [6, 6.07) is 5.64. The highest BCUT2D eigenvalue weighted by Gasteiger charge is 2.20. The predicted molar refractivity (Wildman–Crippen MR) is 78.3 cm³/mol. The predicted octanol–water partition coefficient (Wildman–Crippen LogP) is 2.51. The van der Waals surface area contributed by atoms with Crippen molar-refractivity contribution in [2.45, 2.75) is 32.9 Å². The zero-order valence-electron chi connectivity index (χ0n) is 12.5. The number of carbonyl (C=O) groups is 1. The normalized spacial score (nSPS) is 19.9. The Labute approximate surface area is 120 Å². The Balaban J connectivity index is 2.14. The number of ether oxygens (including phenoxy) is 2. The van der Waals surface area contributed by atoms with Crippen LogP contribution in [0.4, 0.5) is 0 Å². The van der Waals surface area contributed by atoms with Gasteiger partial charge in [-0.05, 0) is 31.5 Å². The van der Waals surface area contributed by atoms with Gasteiger partial charge < -0.3 is 9.47 Å². The minimum atomic E-state index is 0.0855. The van der Waals surface area contributed by atoms with Crippen LogP contribution in [0.5, 0.6) is 5.75 Å². The molecule has 0 radical (unpaired) electrons. The third-order valence-corrected chi connectivity index (χ3v) is 3.76. The Morgan fingerprint density at radius 1 is 1.50 bits per heavy atom. The number of ketones is 1. The fraction of sp³-hybridized carbons (Fsp3) is 0.562. The molecule has 1 aliphatic rings. The van der Waals surface area contributed by atoms with E-state index < -0.39 is 0 Å². The molecule has 2 rings (SSSR count). The van der Waals surface area contributed by atoms with E-state index in [0.29, 0.717) is 6.10 Å². The molecule has 1 fully saturated rings. The van der Waals surface area contributed by atoms with Gasteiger partial charge in [0.1, 0.15) is 5.75 Å². The van der Waals surface area contributed by atoms with Crippen molar-refractivity contribution in [2.75, 3.05) is 26.8 Å². The van der Waals surface area contributed by atoms with E-state index in [-0.39, 0.29) is 5.78 Å². The van der Waals surface area contributed by atoms with E-state index in [4.69, 9.17) is 9.47 Å². The number of methoxy groups -OCH3 is 1. The third-order valence-electron chi connectivity index (χ3n) is 3.76. The highest BCUT2D eigenvalue weighted by molar-refractivity contribution is 5.94. The third kappa shape index (κ3) is 3.58. The van der Waals surface area contributed by atoms with Crippen LogP contribution in [0.15, 0.2) is 18.2 Å². The molecule has 1 heterocycles. The van der Waals surface area contributed by atoms with Gasteiger partial charge in [-0.25, -0.2) is 0 Å². The molecule has 20 heavy (non-hydrogen) atoms. The molecule has 110 valence electrons. The molecular weight excluding hydrogens is 254 g/mol. The fourth-order valence-electron chi connectivity index (χ4n) is 2.53. The molecule has 1 aromatic carbocycles. The number of hydrogen-bond acceptors (Lipinski definition) is 4. The van der Waals surface area contributed by atoms with Crippen molar-refractivity contribution in [1.29, 1.82) is 0 Å². The number of morpholine rings is 1. The summed E-state index contributed by atoms with van der Waals surface area (Å²) in [4.78, 5) is 13.9. The lowest BCUT2D eigenvalue weighted by atomic mass is 10.1. The second-order valence-electron chi connectivity index (χ2n) is 5.22. The number of rotatable bonds is 5. The van der Waals surface area contributed by atoms with Gasteiger partial charge in [-0.1, -0.05) is 6.92 Å². The first kappa shape index (κ1) is 15.0. The molecule has 4 heteroatoms. The van der Waals surface area contributed by atoms with Gasteiger partial charge in [0.15, 0.2) is 5.78 Å². The van der Waals surface area contributed by atoms with Crippen molar-refractivity contribution in [3.05, 3.63) is 29.3 Å². The van der Waals surface area contributed by atoms with E-state index in [1.165, 1.54) is 0 Å². The van der Waals surface area contributed by atoms with Gasteiger partial charge in [0.25, 0.3) is 0 Å². The molecule has 4 nitrogen and oxygen atoms in total. The average molecular weight is 277 g/mol. The maximum absolute atomic E-state index is 11.5. The number of hydrogen-bond donors (Lipinski definition) is 0. The van der Waals surface area contributed by atoms with Crippen molar-refractivity contribution >= 4 is 5.78 Å². The first-order valence-electron chi connectivity index (χ1n) is 7.15. The van der Waals surface area contributed by atoms with Crippen LogP contribution in [0.3, 0.4) is 0 Å². The largest absolute Gasteiger partial charge is 0.496 e. The molecule has 0 aliphatic carbocycles. The first-order valence-corrected chi connectivity index (χ1v) is 7.15. The van der Waals surface area contributed by atoms with Crippen molar-refractivity contribution in [3.8, 4) is 5.75 Å². The fourth-order valence-corrected chi connectivity index (χ4v) is 2.53. The highest BCUT2D eigenvalue weighted by atomic mass is 16.5. The molecule has 0 bridgehead atoms. The van der Waals surface area contributed by atoms with Gasteiger partial charge in [-0.15, -0.1) is 0 Å². The smallest absolute Gasteiger partial charge is 0.159 e. The second kappa shape index (κ2) is 6.86. The van der Waals surface area contributed by atoms with Crippen molar-refractivity contribution in [2.24, 2.45) is 0 Å². The summed E-state index contributed by atoms with van der Waals surface area (Å²) >= 11 is 0. The minimum Gasteiger partial charge on any atom is -0.496 e. The zero-order valence-corrected chi connectivity index (χ0v) is 12.5. The van der Waals surface area contributed by atoms with Crippen LogP contribution in [-0.4, -0.2) is 43.6 Å². The molecule has 0 amide bonds. The number of carbonyl (C=O) groups excluding carboxylic acids is 1. The van der Waals surface area contributed by atoms with E-state index in [1.54, 1.807) is 14.0 Å². The van der Waals surface area contributed by atoms with Crippen molar-refractivity contribution < 1.29 is 14.3 Å². The van der Waals surface area contributed by atoms with Crippen LogP contribution in [0.25, 0.3) is 0 Å². The van der Waals surface area contributed by atoms with Crippen LogP contribution in [0, 0.1) is 0 Å². The number of nitrogens with zero attached hydrogens (tertiary/aromatic N) is 1. The van der Waals surface area contributed by atoms with Gasteiger partial charge in [-0.2, -0.15) is 0 Å². The molecule has 1 atom stereocenters. The van der Waals surface area contributed by atoms with E-state index in [1.807, 2.05) is 18.2 Å². The van der Waals surface area contributed by atoms with Crippen molar-refractivity contribution in [3.63, 3.8) is 0 Å². The summed E-state index contributed by atoms with van der Waals surface area (Å²) in [6.07, 6.45) is 1.34. The second-order valence-corrected chi connectivity index (χ2v) is 5.22. The summed E-state index contributed by atoms with van der Waals surface area (Å²) < 4.78 is 11.1. The summed E-state index contributed by atoms with van der Waals surface area (Å²) in [7, 11) is 1.67. The number of Topliss-reactive ketones (excluding diaryl/α,β-unsaturated/α-hetero) is 1. The summed E-state index contributed by atoms with van der Waals surface area (Å²) in [5.41, 5.74) is 1.80. The molecule has 1 aliphatic heterocycles. The van der Waals surface area contributed by atoms with E-state index in [0.717, 1.165) is 49.5 Å². The van der Waals surface area contributed by atoms with E-state index >= 15 is 0 Å². The molecule has 1 saturated heterocycles. The maximum Gasteiger partial charge on any atom is 0.159 e. The Hall–Kier alpha value is -1.39. The standard InChI is InChI=1S/C16H23NO3/c1-4-15-11-17(7-8-20-15)10-14-9-13(12(2)18)5-6-16(14)19-3/h5-6,9,15H,4,7-8,10-11H2,1-3H3. The van der Waals surface area contributed by atoms with Crippen LogP contribution in [-0.2, 0) is 11.3 Å². The molecule has 1 aromatic rings. The number of benzene rings is 1. The van der Waals surface area contributed by atoms with Gasteiger partial charge >= 0.3 is 0 Å². The lowest BCUT2D eigenvalue weighted by molar-refractivity contribution is -0.0326. The quantitative estimate of drug-likeness (QED) is 0.775. The zero-order chi connectivity index (χ0) is 14.5. The summed E-state index contributed by atoms with van der Waals surface area (Å²) in [5.74, 6) is 0.928. The molecule has 0 spiro atoms. The average Bonchev–Trinajstić information content (AvgIpc) is 2.47. The Kier molecular flexibility index (Phi) is 5.15. The Bertz CT molecular complexity index is 473. The molecule has 1 unspecified atom stereocenters. The lowest BCUT2D eigenvalue weighted by Crippen LogP contribution is -2.41. The van der Waals surface area contributed by atoms with Crippen LogP contribution < -0.4 is 4.74 Å². The molecule has 0 N–H and O–H groups in total. The topological polar surface area (TPSA) is 38.8 Å². The molecular formula is C16H23NO3. The van der Waals surface area contributed by atoms with Crippen LogP contribution >= 0.6 is 0 Å². The summed E-state index contributed by atoms with van der Waals surface area (Å²) in [6.45, 7) is 7.16. The summed E-state index contributed by atoms with van der Waals surface area (Å²) in [5, 5.41) is 0. The SMILES string of the molecule is CCC1CN(Cc2cc(C(C)=O)ccc2OC)CCO1. The monoisotopic (exact) mass is 277 g/mol. The lowest BCUT2D eigenvalue weighted by Gasteiger charge is -2.32. The Morgan fingerprint density at radius 2 is 2.30 bits per heavy atom. The van der Waals surface area contributed by atoms with Crippen LogP contribution in [0.1, 0.15) is 36.2 Å². The minimum absolute atomic E-state index is 0.0855. The van der Waals surface area contributed by atoms with E-state index in [2.05, 4.69) is 11.8 Å². The van der Waals surface area contributed by atoms with Gasteiger partial charge in [0, 0.05) is 30.8 Å². The molecule has 0 saturated carbocycles.